The lowest BCUT2D eigenvalue weighted by molar-refractivity contribution is 0.482. The van der Waals surface area contributed by atoms with Gasteiger partial charge in [-0.2, -0.15) is 0 Å². The van der Waals surface area contributed by atoms with Crippen molar-refractivity contribution in [3.05, 3.63) is 77.4 Å². The van der Waals surface area contributed by atoms with Crippen molar-refractivity contribution in [2.75, 3.05) is 0 Å². The largest absolute Gasteiger partial charge is 0.305 e. The lowest BCUT2D eigenvalue weighted by Crippen LogP contribution is -2.10. The Morgan fingerprint density at radius 3 is 2.44 bits per heavy atom. The summed E-state index contributed by atoms with van der Waals surface area (Å²) in [5.74, 6) is 1.82. The van der Waals surface area contributed by atoms with Crippen LogP contribution in [0.2, 0.25) is 0 Å². The Morgan fingerprint density at radius 2 is 1.72 bits per heavy atom. The molecule has 2 aromatic carbocycles. The van der Waals surface area contributed by atoms with Crippen LogP contribution in [0.15, 0.2) is 59.8 Å². The van der Waals surface area contributed by atoms with Crippen LogP contribution >= 0.6 is 11.8 Å². The van der Waals surface area contributed by atoms with Gasteiger partial charge in [-0.25, -0.2) is 4.39 Å². The van der Waals surface area contributed by atoms with Crippen LogP contribution in [0, 0.1) is 11.7 Å². The topological polar surface area (TPSA) is 30.7 Å². The second-order valence-corrected chi connectivity index (χ2v) is 7.39. The van der Waals surface area contributed by atoms with E-state index < -0.39 is 0 Å². The third-order valence-electron chi connectivity index (χ3n) is 3.86. The molecular weight excluding hydrogens is 333 g/mol. The zero-order chi connectivity index (χ0) is 17.6. The van der Waals surface area contributed by atoms with E-state index in [1.165, 1.54) is 23.4 Å². The van der Waals surface area contributed by atoms with E-state index in [1.807, 2.05) is 30.3 Å². The molecule has 25 heavy (non-hydrogen) atoms. The number of hydrogen-bond acceptors (Lipinski definition) is 3. The summed E-state index contributed by atoms with van der Waals surface area (Å²) in [5, 5.41) is 9.61. The highest BCUT2D eigenvalue weighted by molar-refractivity contribution is 7.98. The SMILES string of the molecule is CC(C)Cn1c(Cc2ccccc2)nnc1SCc1ccccc1F. The Kier molecular flexibility index (Phi) is 5.87. The molecule has 0 atom stereocenters. The minimum atomic E-state index is -0.172. The number of aromatic nitrogens is 3. The fraction of sp³-hybridized carbons (Fsp3) is 0.300. The van der Waals surface area contributed by atoms with Gasteiger partial charge in [0.2, 0.25) is 0 Å². The van der Waals surface area contributed by atoms with Crippen LogP contribution in [0.4, 0.5) is 4.39 Å². The van der Waals surface area contributed by atoms with Crippen LogP contribution in [-0.4, -0.2) is 14.8 Å². The first-order valence-corrected chi connectivity index (χ1v) is 9.44. The highest BCUT2D eigenvalue weighted by atomic mass is 32.2. The van der Waals surface area contributed by atoms with Crippen LogP contribution in [0.25, 0.3) is 0 Å². The fourth-order valence-corrected chi connectivity index (χ4v) is 3.59. The van der Waals surface area contributed by atoms with Gasteiger partial charge in [0.15, 0.2) is 5.16 Å². The van der Waals surface area contributed by atoms with Gasteiger partial charge in [0.05, 0.1) is 0 Å². The Labute approximate surface area is 152 Å². The molecule has 0 amide bonds. The van der Waals surface area contributed by atoms with Crippen molar-refractivity contribution < 1.29 is 4.39 Å². The fourth-order valence-electron chi connectivity index (χ4n) is 2.64. The predicted molar refractivity (Wildman–Crippen MR) is 100 cm³/mol. The molecule has 0 fully saturated rings. The predicted octanol–water partition coefficient (Wildman–Crippen LogP) is 4.96. The van der Waals surface area contributed by atoms with E-state index in [-0.39, 0.29) is 5.82 Å². The van der Waals surface area contributed by atoms with Crippen molar-refractivity contribution in [1.29, 1.82) is 0 Å². The molecule has 1 aromatic heterocycles. The summed E-state index contributed by atoms with van der Waals surface area (Å²) in [6.07, 6.45) is 0.751. The summed E-state index contributed by atoms with van der Waals surface area (Å²) in [6, 6.07) is 17.2. The third-order valence-corrected chi connectivity index (χ3v) is 4.88. The number of halogens is 1. The Bertz CT molecular complexity index is 815. The molecule has 3 rings (SSSR count). The normalized spacial score (nSPS) is 11.2. The van der Waals surface area contributed by atoms with Gasteiger partial charge in [-0.05, 0) is 23.1 Å². The summed E-state index contributed by atoms with van der Waals surface area (Å²) in [6.45, 7) is 5.21. The molecule has 0 saturated carbocycles. The molecule has 0 aliphatic rings. The first-order valence-electron chi connectivity index (χ1n) is 8.45. The summed E-state index contributed by atoms with van der Waals surface area (Å²) >= 11 is 1.54. The van der Waals surface area contributed by atoms with Gasteiger partial charge < -0.3 is 4.57 Å². The van der Waals surface area contributed by atoms with Crippen molar-refractivity contribution >= 4 is 11.8 Å². The molecule has 0 radical (unpaired) electrons. The van der Waals surface area contributed by atoms with E-state index in [1.54, 1.807) is 6.07 Å². The number of thioether (sulfide) groups is 1. The number of hydrogen-bond donors (Lipinski definition) is 0. The lowest BCUT2D eigenvalue weighted by Gasteiger charge is -2.12. The van der Waals surface area contributed by atoms with Crippen molar-refractivity contribution in [2.24, 2.45) is 5.92 Å². The average Bonchev–Trinajstić information content (AvgIpc) is 2.96. The van der Waals surface area contributed by atoms with E-state index in [2.05, 4.69) is 40.7 Å². The summed E-state index contributed by atoms with van der Waals surface area (Å²) in [7, 11) is 0. The number of benzene rings is 2. The smallest absolute Gasteiger partial charge is 0.191 e. The zero-order valence-corrected chi connectivity index (χ0v) is 15.3. The lowest BCUT2D eigenvalue weighted by atomic mass is 10.1. The van der Waals surface area contributed by atoms with Crippen molar-refractivity contribution in [2.45, 2.75) is 37.7 Å². The van der Waals surface area contributed by atoms with Crippen LogP contribution in [0.1, 0.15) is 30.8 Å². The number of nitrogens with zero attached hydrogens (tertiary/aromatic N) is 3. The number of rotatable bonds is 7. The minimum absolute atomic E-state index is 0.172. The second-order valence-electron chi connectivity index (χ2n) is 6.45. The first kappa shape index (κ1) is 17.7. The van der Waals surface area contributed by atoms with Gasteiger partial charge in [0.1, 0.15) is 11.6 Å². The first-order chi connectivity index (χ1) is 12.1. The molecule has 0 spiro atoms. The molecule has 3 nitrogen and oxygen atoms in total. The third kappa shape index (κ3) is 4.69. The maximum atomic E-state index is 13.8. The van der Waals surface area contributed by atoms with E-state index in [0.717, 1.165) is 23.9 Å². The van der Waals surface area contributed by atoms with E-state index in [4.69, 9.17) is 0 Å². The van der Waals surface area contributed by atoms with E-state index in [9.17, 15) is 4.39 Å². The van der Waals surface area contributed by atoms with Gasteiger partial charge in [0.25, 0.3) is 0 Å². The molecule has 130 valence electrons. The van der Waals surface area contributed by atoms with E-state index >= 15 is 0 Å². The molecule has 0 saturated heterocycles. The van der Waals surface area contributed by atoms with Gasteiger partial charge in [-0.1, -0.05) is 74.1 Å². The summed E-state index contributed by atoms with van der Waals surface area (Å²) in [5.41, 5.74) is 1.90. The highest BCUT2D eigenvalue weighted by Crippen LogP contribution is 2.25. The van der Waals surface area contributed by atoms with Gasteiger partial charge in [-0.15, -0.1) is 10.2 Å². The summed E-state index contributed by atoms with van der Waals surface area (Å²) < 4.78 is 16.0. The van der Waals surface area contributed by atoms with Crippen molar-refractivity contribution in [3.63, 3.8) is 0 Å². The Hall–Kier alpha value is -2.14. The average molecular weight is 355 g/mol. The molecule has 5 heteroatoms. The molecule has 0 N–H and O–H groups in total. The van der Waals surface area contributed by atoms with E-state index in [0.29, 0.717) is 17.2 Å². The molecule has 0 unspecified atom stereocenters. The monoisotopic (exact) mass is 355 g/mol. The molecular formula is C20H22FN3S. The van der Waals surface area contributed by atoms with Gasteiger partial charge in [0, 0.05) is 18.7 Å². The van der Waals surface area contributed by atoms with Crippen LogP contribution in [0.3, 0.4) is 0 Å². The maximum absolute atomic E-state index is 13.8. The summed E-state index contributed by atoms with van der Waals surface area (Å²) in [4.78, 5) is 0. The molecule has 1 heterocycles. The standard InChI is InChI=1S/C20H22FN3S/c1-15(2)13-24-19(12-16-8-4-3-5-9-16)22-23-20(24)25-14-17-10-6-7-11-18(17)21/h3-11,15H,12-14H2,1-2H3. The Balaban J connectivity index is 1.80. The highest BCUT2D eigenvalue weighted by Gasteiger charge is 2.15. The molecule has 0 aliphatic heterocycles. The maximum Gasteiger partial charge on any atom is 0.191 e. The van der Waals surface area contributed by atoms with Crippen LogP contribution in [0.5, 0.6) is 0 Å². The Morgan fingerprint density at radius 1 is 1.00 bits per heavy atom. The van der Waals surface area contributed by atoms with Gasteiger partial charge in [-0.3, -0.25) is 0 Å². The van der Waals surface area contributed by atoms with Gasteiger partial charge >= 0.3 is 0 Å². The molecule has 0 aliphatic carbocycles. The quantitative estimate of drug-likeness (QED) is 0.562. The van der Waals surface area contributed by atoms with Crippen LogP contribution in [-0.2, 0) is 18.7 Å². The zero-order valence-electron chi connectivity index (χ0n) is 14.5. The van der Waals surface area contributed by atoms with Crippen molar-refractivity contribution in [1.82, 2.24) is 14.8 Å². The molecule has 0 bridgehead atoms. The molecule has 3 aromatic rings. The van der Waals surface area contributed by atoms with Crippen LogP contribution < -0.4 is 0 Å². The van der Waals surface area contributed by atoms with Crippen molar-refractivity contribution in [3.8, 4) is 0 Å². The minimum Gasteiger partial charge on any atom is -0.305 e. The second kappa shape index (κ2) is 8.30.